The molecule has 104 valence electrons. The predicted octanol–water partition coefficient (Wildman–Crippen LogP) is 0.360. The minimum atomic E-state index is -3.55. The van der Waals surface area contributed by atoms with Crippen molar-refractivity contribution in [1.29, 1.82) is 0 Å². The molecule has 0 bridgehead atoms. The molecule has 0 unspecified atom stereocenters. The molecular weight excluding hydrogens is 257 g/mol. The third-order valence-corrected chi connectivity index (χ3v) is 2.75. The maximum atomic E-state index is 9.28. The number of hydrogen-bond acceptors (Lipinski definition) is 5. The van der Waals surface area contributed by atoms with Crippen LogP contribution in [0.1, 0.15) is 11.1 Å². The molecule has 20 heavy (non-hydrogen) atoms. The van der Waals surface area contributed by atoms with Gasteiger partial charge in [0.2, 0.25) is 0 Å². The van der Waals surface area contributed by atoms with Crippen LogP contribution >= 0.6 is 0 Å². The second kappa shape index (κ2) is 6.34. The lowest BCUT2D eigenvalue weighted by molar-refractivity contribution is 0.132. The average molecular weight is 272 g/mol. The first-order chi connectivity index (χ1) is 9.57. The maximum absolute atomic E-state index is 9.28. The van der Waals surface area contributed by atoms with Crippen LogP contribution in [-0.4, -0.2) is 28.0 Å². The van der Waals surface area contributed by atoms with E-state index in [1.165, 1.54) is 12.3 Å². The fourth-order valence-electron chi connectivity index (χ4n) is 1.76. The van der Waals surface area contributed by atoms with Gasteiger partial charge in [0.1, 0.15) is 6.61 Å². The van der Waals surface area contributed by atoms with Crippen LogP contribution in [-0.2, 0) is 11.4 Å². The van der Waals surface area contributed by atoms with Crippen molar-refractivity contribution in [2.24, 2.45) is 5.16 Å². The molecule has 3 N–H and O–H groups in total. The Balaban J connectivity index is 2.02. The summed E-state index contributed by atoms with van der Waals surface area (Å²) in [4.78, 5) is 5.12. The fourth-order valence-corrected chi connectivity index (χ4v) is 1.76. The lowest BCUT2D eigenvalue weighted by atomic mass is 9.69. The monoisotopic (exact) mass is 272 g/mol. The van der Waals surface area contributed by atoms with Gasteiger partial charge in [0.05, 0.1) is 6.21 Å². The summed E-state index contributed by atoms with van der Waals surface area (Å²) in [6.07, 6.45) is 1.33. The van der Waals surface area contributed by atoms with Crippen LogP contribution < -0.4 is 5.46 Å². The van der Waals surface area contributed by atoms with Crippen LogP contribution in [0.2, 0.25) is 0 Å². The smallest absolute Gasteiger partial charge is 0.403 e. The molecule has 0 aliphatic carbocycles. The Kier molecular flexibility index (Phi) is 4.52. The molecule has 2 aromatic carbocycles. The summed E-state index contributed by atoms with van der Waals surface area (Å²) in [6.45, 7) is -3.24. The molecule has 0 aliphatic rings. The highest BCUT2D eigenvalue weighted by molar-refractivity contribution is 6.72. The number of benzene rings is 2. The van der Waals surface area contributed by atoms with Gasteiger partial charge in [-0.1, -0.05) is 59.8 Å². The molecule has 0 saturated carbocycles. The SMILES string of the molecule is O[B-](O)(O)c1ccccc1/C=N/OCc1ccccc1. The van der Waals surface area contributed by atoms with Gasteiger partial charge in [-0.2, -0.15) is 0 Å². The lowest BCUT2D eigenvalue weighted by Gasteiger charge is -2.23. The summed E-state index contributed by atoms with van der Waals surface area (Å²) in [6, 6.07) is 15.8. The van der Waals surface area contributed by atoms with E-state index >= 15 is 0 Å². The molecule has 6 heteroatoms. The predicted molar refractivity (Wildman–Crippen MR) is 77.3 cm³/mol. The van der Waals surface area contributed by atoms with E-state index in [0.29, 0.717) is 12.2 Å². The molecule has 0 heterocycles. The van der Waals surface area contributed by atoms with Crippen LogP contribution in [0.3, 0.4) is 0 Å². The average Bonchev–Trinajstić information content (AvgIpc) is 2.44. The van der Waals surface area contributed by atoms with Crippen molar-refractivity contribution in [1.82, 2.24) is 0 Å². The Morgan fingerprint density at radius 1 is 0.950 bits per heavy atom. The Bertz CT molecular complexity index is 581. The van der Waals surface area contributed by atoms with Crippen LogP contribution in [0.4, 0.5) is 0 Å². The number of hydrogen-bond donors (Lipinski definition) is 3. The number of rotatable bonds is 5. The van der Waals surface area contributed by atoms with E-state index in [1.54, 1.807) is 18.2 Å². The summed E-state index contributed by atoms with van der Waals surface area (Å²) in [5.74, 6) is 0. The first kappa shape index (κ1) is 14.3. The minimum absolute atomic E-state index is 0.000406. The van der Waals surface area contributed by atoms with Crippen molar-refractivity contribution < 1.29 is 19.9 Å². The normalized spacial score (nSPS) is 11.8. The fraction of sp³-hybridized carbons (Fsp3) is 0.0714. The molecular formula is C14H15BNO4-. The first-order valence-electron chi connectivity index (χ1n) is 6.17. The molecule has 5 nitrogen and oxygen atoms in total. The summed E-state index contributed by atoms with van der Waals surface area (Å²) < 4.78 is 0. The van der Waals surface area contributed by atoms with Gasteiger partial charge in [-0.3, -0.25) is 0 Å². The highest BCUT2D eigenvalue weighted by atomic mass is 16.6. The second-order valence-electron chi connectivity index (χ2n) is 4.36. The molecule has 0 aromatic heterocycles. The van der Waals surface area contributed by atoms with Gasteiger partial charge in [-0.15, -0.1) is 5.46 Å². The molecule has 2 rings (SSSR count). The van der Waals surface area contributed by atoms with Crippen LogP contribution in [0, 0.1) is 0 Å². The largest absolute Gasteiger partial charge is 0.556 e. The summed E-state index contributed by atoms with van der Waals surface area (Å²) in [7, 11) is 0. The number of nitrogens with zero attached hydrogens (tertiary/aromatic N) is 1. The third kappa shape index (κ3) is 3.93. The van der Waals surface area contributed by atoms with Crippen molar-refractivity contribution in [2.75, 3.05) is 0 Å². The van der Waals surface area contributed by atoms with Crippen molar-refractivity contribution in [3.63, 3.8) is 0 Å². The second-order valence-corrected chi connectivity index (χ2v) is 4.36. The van der Waals surface area contributed by atoms with Crippen molar-refractivity contribution in [2.45, 2.75) is 6.61 Å². The Hall–Kier alpha value is -2.15. The van der Waals surface area contributed by atoms with Gasteiger partial charge in [0.15, 0.2) is 0 Å². The number of oxime groups is 1. The summed E-state index contributed by atoms with van der Waals surface area (Å²) in [5.41, 5.74) is 1.36. The van der Waals surface area contributed by atoms with E-state index in [4.69, 9.17) is 4.84 Å². The Labute approximate surface area is 116 Å². The molecule has 2 aromatic rings. The standard InChI is InChI=1S/C14H15BNO4/c17-15(18,19)14-9-5-4-8-13(14)10-16-20-11-12-6-2-1-3-7-12/h1-10,17-19H,11H2/q-1/b16-10+. The Morgan fingerprint density at radius 2 is 1.60 bits per heavy atom. The third-order valence-electron chi connectivity index (χ3n) is 2.75. The highest BCUT2D eigenvalue weighted by Gasteiger charge is 2.20. The van der Waals surface area contributed by atoms with E-state index in [2.05, 4.69) is 5.16 Å². The van der Waals surface area contributed by atoms with Crippen LogP contribution in [0.15, 0.2) is 59.8 Å². The van der Waals surface area contributed by atoms with E-state index in [-0.39, 0.29) is 5.46 Å². The first-order valence-corrected chi connectivity index (χ1v) is 6.17. The van der Waals surface area contributed by atoms with Gasteiger partial charge in [0, 0.05) is 0 Å². The topological polar surface area (TPSA) is 82.3 Å². The molecule has 0 spiro atoms. The van der Waals surface area contributed by atoms with Gasteiger partial charge in [-0.05, 0) is 11.1 Å². The van der Waals surface area contributed by atoms with Crippen LogP contribution in [0.25, 0.3) is 0 Å². The maximum Gasteiger partial charge on any atom is 0.403 e. The summed E-state index contributed by atoms with van der Waals surface area (Å²) >= 11 is 0. The van der Waals surface area contributed by atoms with E-state index in [0.717, 1.165) is 5.56 Å². The van der Waals surface area contributed by atoms with Gasteiger partial charge < -0.3 is 19.9 Å². The minimum Gasteiger partial charge on any atom is -0.556 e. The lowest BCUT2D eigenvalue weighted by Crippen LogP contribution is -2.50. The van der Waals surface area contributed by atoms with Crippen molar-refractivity contribution >= 4 is 18.4 Å². The van der Waals surface area contributed by atoms with E-state index in [9.17, 15) is 15.1 Å². The van der Waals surface area contributed by atoms with Crippen molar-refractivity contribution in [3.8, 4) is 0 Å². The highest BCUT2D eigenvalue weighted by Crippen LogP contribution is 2.02. The molecule has 0 saturated heterocycles. The van der Waals surface area contributed by atoms with Crippen LogP contribution in [0.5, 0.6) is 0 Å². The van der Waals surface area contributed by atoms with E-state index in [1.807, 2.05) is 30.3 Å². The summed E-state index contributed by atoms with van der Waals surface area (Å²) in [5, 5.41) is 31.6. The zero-order chi connectivity index (χ0) is 14.4. The molecule has 0 radical (unpaired) electrons. The molecule has 0 aliphatic heterocycles. The van der Waals surface area contributed by atoms with Gasteiger partial charge in [-0.25, -0.2) is 0 Å². The molecule has 0 atom stereocenters. The van der Waals surface area contributed by atoms with E-state index < -0.39 is 6.75 Å². The zero-order valence-electron chi connectivity index (χ0n) is 10.8. The zero-order valence-corrected chi connectivity index (χ0v) is 10.8. The van der Waals surface area contributed by atoms with Crippen molar-refractivity contribution in [3.05, 3.63) is 65.7 Å². The van der Waals surface area contributed by atoms with Gasteiger partial charge in [0.25, 0.3) is 0 Å². The van der Waals surface area contributed by atoms with Gasteiger partial charge >= 0.3 is 6.75 Å². The molecule has 0 fully saturated rings. The quantitative estimate of drug-likeness (QED) is 0.417. The molecule has 0 amide bonds. The Morgan fingerprint density at radius 3 is 2.30 bits per heavy atom.